The average Bonchev–Trinajstić information content (AvgIpc) is 3.02. The molecule has 138 valence electrons. The van der Waals surface area contributed by atoms with Gasteiger partial charge in [-0.2, -0.15) is 4.98 Å². The van der Waals surface area contributed by atoms with Crippen LogP contribution >= 0.6 is 27.7 Å². The van der Waals surface area contributed by atoms with Gasteiger partial charge in [-0.25, -0.2) is 0 Å². The van der Waals surface area contributed by atoms with E-state index in [1.54, 1.807) is 11.0 Å². The first-order valence-electron chi connectivity index (χ1n) is 8.09. The van der Waals surface area contributed by atoms with E-state index in [2.05, 4.69) is 31.1 Å². The lowest BCUT2D eigenvalue weighted by Crippen LogP contribution is -2.35. The fourth-order valence-corrected chi connectivity index (χ4v) is 3.59. The molecule has 7 nitrogen and oxygen atoms in total. The van der Waals surface area contributed by atoms with Gasteiger partial charge in [0.25, 0.3) is 0 Å². The number of thioether (sulfide) groups is 1. The van der Waals surface area contributed by atoms with Crippen molar-refractivity contribution in [3.05, 3.63) is 46.3 Å². The molecular weight excluding hydrogens is 432 g/mol. The Balaban J connectivity index is 2.00. The van der Waals surface area contributed by atoms with Crippen LogP contribution in [0.4, 0.5) is 5.69 Å². The summed E-state index contributed by atoms with van der Waals surface area (Å²) in [6.07, 6.45) is 1.06. The van der Waals surface area contributed by atoms with Crippen LogP contribution < -0.4 is 9.64 Å². The highest BCUT2D eigenvalue weighted by atomic mass is 79.9. The topological polar surface area (TPSA) is 81.3 Å². The first kappa shape index (κ1) is 18.0. The molecule has 4 rings (SSSR count). The quantitative estimate of drug-likeness (QED) is 0.540. The number of fused-ring (bicyclic) bond motifs is 3. The SMILES string of the molecule is CSc1nnc2c(n1)OC(c1ccc(C)o1)N(C(C)=O)c1ccc(Br)cc1-2. The van der Waals surface area contributed by atoms with E-state index in [0.29, 0.717) is 33.7 Å². The summed E-state index contributed by atoms with van der Waals surface area (Å²) in [4.78, 5) is 18.6. The monoisotopic (exact) mass is 446 g/mol. The third kappa shape index (κ3) is 3.21. The van der Waals surface area contributed by atoms with Gasteiger partial charge in [-0.3, -0.25) is 9.69 Å². The number of furan rings is 1. The normalized spacial score (nSPS) is 15.6. The molecule has 0 saturated carbocycles. The van der Waals surface area contributed by atoms with E-state index >= 15 is 0 Å². The summed E-state index contributed by atoms with van der Waals surface area (Å²) >= 11 is 4.84. The van der Waals surface area contributed by atoms with Crippen LogP contribution in [0.2, 0.25) is 0 Å². The van der Waals surface area contributed by atoms with Crippen LogP contribution in [0.5, 0.6) is 5.88 Å². The highest BCUT2D eigenvalue weighted by Crippen LogP contribution is 2.44. The third-order valence-corrected chi connectivity index (χ3v) is 5.12. The number of nitrogens with zero attached hydrogens (tertiary/aromatic N) is 4. The Labute approximate surface area is 168 Å². The lowest BCUT2D eigenvalue weighted by Gasteiger charge is -2.28. The first-order valence-corrected chi connectivity index (χ1v) is 10.1. The van der Waals surface area contributed by atoms with Crippen molar-refractivity contribution in [2.24, 2.45) is 0 Å². The Kier molecular flexibility index (Phi) is 4.65. The number of halogens is 1. The molecule has 0 aliphatic carbocycles. The number of rotatable bonds is 2. The van der Waals surface area contributed by atoms with E-state index in [9.17, 15) is 4.79 Å². The average molecular weight is 447 g/mol. The molecular formula is C18H15BrN4O3S. The zero-order chi connectivity index (χ0) is 19.1. The second-order valence-electron chi connectivity index (χ2n) is 5.92. The Bertz CT molecular complexity index is 1040. The van der Waals surface area contributed by atoms with E-state index in [0.717, 1.165) is 10.2 Å². The number of benzene rings is 1. The molecule has 0 bridgehead atoms. The number of carbonyl (C=O) groups is 1. The molecule has 9 heteroatoms. The standard InChI is InChI=1S/C18H15BrN4O3S/c1-9-4-7-14(25-9)17-23(10(2)24)13-6-5-11(19)8-12(13)15-16(26-17)20-18(27-3)22-21-15/h4-8,17H,1-3H3. The fraction of sp³-hybridized carbons (Fsp3) is 0.222. The number of ether oxygens (including phenoxy) is 1. The zero-order valence-corrected chi connectivity index (χ0v) is 17.2. The Hall–Kier alpha value is -2.39. The summed E-state index contributed by atoms with van der Waals surface area (Å²) < 4.78 is 12.8. The van der Waals surface area contributed by atoms with Crippen molar-refractivity contribution in [3.8, 4) is 17.1 Å². The number of carbonyl (C=O) groups excluding carboxylic acids is 1. The molecule has 0 N–H and O–H groups in total. The number of aryl methyl sites for hydroxylation is 1. The van der Waals surface area contributed by atoms with Gasteiger partial charge < -0.3 is 9.15 Å². The van der Waals surface area contributed by atoms with Crippen molar-refractivity contribution >= 4 is 39.3 Å². The number of hydrogen-bond acceptors (Lipinski definition) is 7. The molecule has 3 aromatic rings. The molecule has 1 unspecified atom stereocenters. The van der Waals surface area contributed by atoms with E-state index in [-0.39, 0.29) is 5.91 Å². The highest BCUT2D eigenvalue weighted by Gasteiger charge is 2.36. The molecule has 2 aromatic heterocycles. The van der Waals surface area contributed by atoms with Gasteiger partial charge in [-0.1, -0.05) is 27.7 Å². The third-order valence-electron chi connectivity index (χ3n) is 4.09. The van der Waals surface area contributed by atoms with Gasteiger partial charge in [-0.05, 0) is 43.5 Å². The Morgan fingerprint density at radius 1 is 1.26 bits per heavy atom. The van der Waals surface area contributed by atoms with Gasteiger partial charge in [0.1, 0.15) is 5.76 Å². The minimum Gasteiger partial charge on any atom is -0.460 e. The maximum atomic E-state index is 12.6. The predicted molar refractivity (Wildman–Crippen MR) is 105 cm³/mol. The van der Waals surface area contributed by atoms with Gasteiger partial charge in [0.05, 0.1) is 5.69 Å². The van der Waals surface area contributed by atoms with Crippen LogP contribution in [0.15, 0.2) is 44.4 Å². The molecule has 0 spiro atoms. The van der Waals surface area contributed by atoms with E-state index in [4.69, 9.17) is 9.15 Å². The maximum absolute atomic E-state index is 12.6. The lowest BCUT2D eigenvalue weighted by molar-refractivity contribution is -0.118. The Morgan fingerprint density at radius 3 is 2.74 bits per heavy atom. The van der Waals surface area contributed by atoms with Crippen molar-refractivity contribution in [2.75, 3.05) is 11.2 Å². The summed E-state index contributed by atoms with van der Waals surface area (Å²) in [6, 6.07) is 9.20. The number of amides is 1. The largest absolute Gasteiger partial charge is 0.460 e. The molecule has 1 aliphatic rings. The summed E-state index contributed by atoms with van der Waals surface area (Å²) in [7, 11) is 0. The fourth-order valence-electron chi connectivity index (χ4n) is 2.93. The van der Waals surface area contributed by atoms with Crippen molar-refractivity contribution in [2.45, 2.75) is 25.2 Å². The van der Waals surface area contributed by atoms with E-state index < -0.39 is 6.23 Å². The molecule has 1 aliphatic heterocycles. The van der Waals surface area contributed by atoms with Crippen LogP contribution in [0.3, 0.4) is 0 Å². The highest BCUT2D eigenvalue weighted by molar-refractivity contribution is 9.10. The smallest absolute Gasteiger partial charge is 0.247 e. The van der Waals surface area contributed by atoms with E-state index in [1.165, 1.54) is 18.7 Å². The molecule has 1 atom stereocenters. The second-order valence-corrected chi connectivity index (χ2v) is 7.61. The van der Waals surface area contributed by atoms with Crippen LogP contribution in [-0.2, 0) is 4.79 Å². The summed E-state index contributed by atoms with van der Waals surface area (Å²) in [5.41, 5.74) is 1.82. The molecule has 0 radical (unpaired) electrons. The van der Waals surface area contributed by atoms with Gasteiger partial charge in [-0.15, -0.1) is 10.2 Å². The molecule has 0 fully saturated rings. The van der Waals surface area contributed by atoms with Crippen LogP contribution in [-0.4, -0.2) is 27.3 Å². The van der Waals surface area contributed by atoms with Crippen LogP contribution in [0, 0.1) is 6.92 Å². The summed E-state index contributed by atoms with van der Waals surface area (Å²) in [5.74, 6) is 1.34. The van der Waals surface area contributed by atoms with Gasteiger partial charge in [0, 0.05) is 17.0 Å². The van der Waals surface area contributed by atoms with Gasteiger partial charge in [0.15, 0.2) is 11.5 Å². The molecule has 1 aromatic carbocycles. The van der Waals surface area contributed by atoms with Crippen molar-refractivity contribution in [3.63, 3.8) is 0 Å². The van der Waals surface area contributed by atoms with Crippen LogP contribution in [0.25, 0.3) is 11.3 Å². The molecule has 3 heterocycles. The number of aromatic nitrogens is 3. The van der Waals surface area contributed by atoms with Gasteiger partial charge in [0.2, 0.25) is 23.2 Å². The first-order chi connectivity index (χ1) is 13.0. The molecule has 27 heavy (non-hydrogen) atoms. The van der Waals surface area contributed by atoms with Gasteiger partial charge >= 0.3 is 0 Å². The molecule has 1 amide bonds. The summed E-state index contributed by atoms with van der Waals surface area (Å²) in [6.45, 7) is 3.33. The zero-order valence-electron chi connectivity index (χ0n) is 14.8. The maximum Gasteiger partial charge on any atom is 0.247 e. The Morgan fingerprint density at radius 2 is 2.07 bits per heavy atom. The second kappa shape index (κ2) is 6.97. The van der Waals surface area contributed by atoms with Crippen LogP contribution in [0.1, 0.15) is 24.7 Å². The number of anilines is 1. The minimum absolute atomic E-state index is 0.191. The lowest BCUT2D eigenvalue weighted by atomic mass is 10.1. The summed E-state index contributed by atoms with van der Waals surface area (Å²) in [5, 5.41) is 8.93. The minimum atomic E-state index is -0.802. The van der Waals surface area contributed by atoms with Crippen molar-refractivity contribution in [1.29, 1.82) is 0 Å². The van der Waals surface area contributed by atoms with Crippen molar-refractivity contribution in [1.82, 2.24) is 15.2 Å². The predicted octanol–water partition coefficient (Wildman–Crippen LogP) is 4.37. The molecule has 0 saturated heterocycles. The van der Waals surface area contributed by atoms with E-state index in [1.807, 2.05) is 37.4 Å². The number of hydrogen-bond donors (Lipinski definition) is 0. The van der Waals surface area contributed by atoms with Crippen molar-refractivity contribution < 1.29 is 13.9 Å².